The minimum Gasteiger partial charge on any atom is -0.456 e. The number of rotatable bonds is 5. The number of anilines is 3. The summed E-state index contributed by atoms with van der Waals surface area (Å²) in [5.74, 6) is 0.954. The summed E-state index contributed by atoms with van der Waals surface area (Å²) in [7, 11) is 0. The first-order valence-electron chi connectivity index (χ1n) is 14.2. The van der Waals surface area contributed by atoms with Crippen LogP contribution in [0.3, 0.4) is 0 Å². The number of aryl methyl sites for hydroxylation is 1. The standard InChI is InChI=1S/C39H31NO/c1-28-10-8-16-37-35(27-18-28)39-36(15-9-17-38(39)41-37)40(33-23-19-31(20-24-33)29-11-4-2-5-12-29)34-25-21-32(22-26-34)30-13-6-3-7-14-30/h2-17,19-26H,18,27H2,1H3/b16-8-,28-10-. The van der Waals surface area contributed by atoms with Gasteiger partial charge in [-0.15, -0.1) is 0 Å². The van der Waals surface area contributed by atoms with Crippen LogP contribution in [-0.2, 0) is 6.42 Å². The highest BCUT2D eigenvalue weighted by Crippen LogP contribution is 2.43. The van der Waals surface area contributed by atoms with Crippen molar-refractivity contribution in [2.24, 2.45) is 0 Å². The van der Waals surface area contributed by atoms with Gasteiger partial charge in [-0.1, -0.05) is 109 Å². The molecule has 0 unspecified atom stereocenters. The molecule has 2 nitrogen and oxygen atoms in total. The SMILES string of the molecule is C/C1=C/C=C\c2oc3cccc(N(c4ccc(-c5ccccc5)cc4)c4ccc(-c5ccccc5)cc4)c3c2CC1. The van der Waals surface area contributed by atoms with Gasteiger partial charge in [0.1, 0.15) is 11.3 Å². The monoisotopic (exact) mass is 529 g/mol. The number of furan rings is 1. The second-order valence-corrected chi connectivity index (χ2v) is 10.6. The smallest absolute Gasteiger partial charge is 0.137 e. The Hall–Kier alpha value is -5.08. The molecule has 41 heavy (non-hydrogen) atoms. The molecule has 0 amide bonds. The van der Waals surface area contributed by atoms with Gasteiger partial charge in [-0.2, -0.15) is 0 Å². The van der Waals surface area contributed by atoms with Crippen LogP contribution in [0, 0.1) is 0 Å². The molecule has 0 bridgehead atoms. The molecule has 2 heteroatoms. The summed E-state index contributed by atoms with van der Waals surface area (Å²) in [6.45, 7) is 2.20. The predicted octanol–water partition coefficient (Wildman–Crippen LogP) is 11.1. The number of hydrogen-bond acceptors (Lipinski definition) is 2. The third kappa shape index (κ3) is 4.90. The number of fused-ring (bicyclic) bond motifs is 3. The molecule has 6 aromatic rings. The van der Waals surface area contributed by atoms with Gasteiger partial charge < -0.3 is 9.32 Å². The van der Waals surface area contributed by atoms with E-state index in [1.165, 1.54) is 38.8 Å². The second-order valence-electron chi connectivity index (χ2n) is 10.6. The Kier molecular flexibility index (Phi) is 6.58. The maximum atomic E-state index is 6.44. The zero-order valence-electron chi connectivity index (χ0n) is 23.1. The fourth-order valence-electron chi connectivity index (χ4n) is 5.78. The Labute approximate surface area is 241 Å². The van der Waals surface area contributed by atoms with E-state index in [2.05, 4.69) is 157 Å². The van der Waals surface area contributed by atoms with E-state index in [1.54, 1.807) is 0 Å². The topological polar surface area (TPSA) is 16.4 Å². The molecule has 0 saturated carbocycles. The Bertz CT molecular complexity index is 1780. The van der Waals surface area contributed by atoms with E-state index in [4.69, 9.17) is 4.42 Å². The van der Waals surface area contributed by atoms with Crippen molar-refractivity contribution in [3.63, 3.8) is 0 Å². The Morgan fingerprint density at radius 3 is 1.71 bits per heavy atom. The highest BCUT2D eigenvalue weighted by atomic mass is 16.3. The molecular weight excluding hydrogens is 498 g/mol. The summed E-state index contributed by atoms with van der Waals surface area (Å²) in [6.07, 6.45) is 8.36. The highest BCUT2D eigenvalue weighted by Gasteiger charge is 2.22. The molecule has 1 heterocycles. The Morgan fingerprint density at radius 1 is 0.561 bits per heavy atom. The van der Waals surface area contributed by atoms with Crippen LogP contribution in [0.4, 0.5) is 17.1 Å². The van der Waals surface area contributed by atoms with Crippen LogP contribution in [0.2, 0.25) is 0 Å². The van der Waals surface area contributed by atoms with Gasteiger partial charge in [0.15, 0.2) is 0 Å². The van der Waals surface area contributed by atoms with Crippen molar-refractivity contribution in [2.75, 3.05) is 4.90 Å². The van der Waals surface area contributed by atoms with Crippen LogP contribution in [0.25, 0.3) is 39.3 Å². The predicted molar refractivity (Wildman–Crippen MR) is 173 cm³/mol. The van der Waals surface area contributed by atoms with Crippen LogP contribution < -0.4 is 4.90 Å². The average Bonchev–Trinajstić information content (AvgIpc) is 3.38. The zero-order valence-corrected chi connectivity index (χ0v) is 23.1. The lowest BCUT2D eigenvalue weighted by molar-refractivity contribution is 0.597. The van der Waals surface area contributed by atoms with Gasteiger partial charge in [0.2, 0.25) is 0 Å². The molecule has 0 spiro atoms. The lowest BCUT2D eigenvalue weighted by Gasteiger charge is -2.27. The number of benzene rings is 5. The first-order chi connectivity index (χ1) is 20.2. The van der Waals surface area contributed by atoms with Crippen molar-refractivity contribution in [1.82, 2.24) is 0 Å². The van der Waals surface area contributed by atoms with Gasteiger partial charge in [-0.25, -0.2) is 0 Å². The van der Waals surface area contributed by atoms with Crippen LogP contribution in [0.1, 0.15) is 24.7 Å². The summed E-state index contributed by atoms with van der Waals surface area (Å²) in [5, 5.41) is 1.18. The number of nitrogens with zero attached hydrogens (tertiary/aromatic N) is 1. The van der Waals surface area contributed by atoms with E-state index < -0.39 is 0 Å². The van der Waals surface area contributed by atoms with Crippen LogP contribution in [0.15, 0.2) is 150 Å². The molecule has 7 rings (SSSR count). The Morgan fingerprint density at radius 2 is 1.12 bits per heavy atom. The van der Waals surface area contributed by atoms with E-state index in [0.29, 0.717) is 0 Å². The third-order valence-corrected chi connectivity index (χ3v) is 7.93. The van der Waals surface area contributed by atoms with Gasteiger partial charge in [0, 0.05) is 22.3 Å². The van der Waals surface area contributed by atoms with Crippen molar-refractivity contribution < 1.29 is 4.42 Å². The molecule has 1 aliphatic rings. The molecule has 5 aromatic carbocycles. The van der Waals surface area contributed by atoms with Crippen LogP contribution in [-0.4, -0.2) is 0 Å². The third-order valence-electron chi connectivity index (χ3n) is 7.93. The van der Waals surface area contributed by atoms with Crippen molar-refractivity contribution >= 4 is 34.1 Å². The normalized spacial score (nSPS) is 14.9. The van der Waals surface area contributed by atoms with Crippen molar-refractivity contribution in [3.8, 4) is 22.3 Å². The van der Waals surface area contributed by atoms with E-state index in [1.807, 2.05) is 0 Å². The minimum absolute atomic E-state index is 0.920. The highest BCUT2D eigenvalue weighted by molar-refractivity contribution is 6.00. The van der Waals surface area contributed by atoms with E-state index in [-0.39, 0.29) is 0 Å². The van der Waals surface area contributed by atoms with Gasteiger partial charge in [0.25, 0.3) is 0 Å². The minimum atomic E-state index is 0.920. The summed E-state index contributed by atoms with van der Waals surface area (Å²) < 4.78 is 6.44. The van der Waals surface area contributed by atoms with Gasteiger partial charge >= 0.3 is 0 Å². The maximum Gasteiger partial charge on any atom is 0.137 e. The van der Waals surface area contributed by atoms with Crippen molar-refractivity contribution in [2.45, 2.75) is 19.8 Å². The number of allylic oxidation sites excluding steroid dienone is 3. The Balaban J connectivity index is 1.38. The molecule has 198 valence electrons. The fraction of sp³-hybridized carbons (Fsp3) is 0.0769. The molecule has 0 atom stereocenters. The quantitative estimate of drug-likeness (QED) is 0.221. The van der Waals surface area contributed by atoms with Crippen molar-refractivity contribution in [1.29, 1.82) is 0 Å². The van der Waals surface area contributed by atoms with Gasteiger partial charge in [-0.3, -0.25) is 0 Å². The second kappa shape index (κ2) is 10.8. The summed E-state index contributed by atoms with van der Waals surface area (Å²) in [5.41, 5.74) is 11.7. The van der Waals surface area contributed by atoms with Gasteiger partial charge in [0.05, 0.1) is 5.69 Å². The fourth-order valence-corrected chi connectivity index (χ4v) is 5.78. The van der Waals surface area contributed by atoms with E-state index >= 15 is 0 Å². The van der Waals surface area contributed by atoms with Crippen LogP contribution >= 0.6 is 0 Å². The molecule has 0 fully saturated rings. The van der Waals surface area contributed by atoms with Crippen molar-refractivity contribution in [3.05, 3.63) is 156 Å². The molecule has 0 radical (unpaired) electrons. The lowest BCUT2D eigenvalue weighted by Crippen LogP contribution is -2.10. The largest absolute Gasteiger partial charge is 0.456 e. The first kappa shape index (κ1) is 24.9. The van der Waals surface area contributed by atoms with Crippen LogP contribution in [0.5, 0.6) is 0 Å². The molecule has 0 saturated heterocycles. The maximum absolute atomic E-state index is 6.44. The molecular formula is C39H31NO. The van der Waals surface area contributed by atoms with E-state index in [0.717, 1.165) is 41.2 Å². The average molecular weight is 530 g/mol. The first-order valence-corrected chi connectivity index (χ1v) is 14.2. The number of hydrogen-bond donors (Lipinski definition) is 0. The molecule has 1 aromatic heterocycles. The molecule has 0 aliphatic heterocycles. The summed E-state index contributed by atoms with van der Waals surface area (Å²) in [4.78, 5) is 2.37. The van der Waals surface area contributed by atoms with Gasteiger partial charge in [-0.05, 0) is 84.5 Å². The summed E-state index contributed by atoms with van der Waals surface area (Å²) >= 11 is 0. The zero-order chi connectivity index (χ0) is 27.6. The molecule has 1 aliphatic carbocycles. The molecule has 0 N–H and O–H groups in total. The lowest BCUT2D eigenvalue weighted by atomic mass is 9.98. The van der Waals surface area contributed by atoms with E-state index in [9.17, 15) is 0 Å². The summed E-state index contributed by atoms with van der Waals surface area (Å²) in [6, 6.07) is 45.3.